The Morgan fingerprint density at radius 1 is 1.32 bits per heavy atom. The van der Waals surface area contributed by atoms with E-state index in [9.17, 15) is 9.59 Å². The van der Waals surface area contributed by atoms with Gasteiger partial charge in [-0.25, -0.2) is 4.79 Å². The van der Waals surface area contributed by atoms with E-state index in [0.717, 1.165) is 12.0 Å². The predicted molar refractivity (Wildman–Crippen MR) is 99.1 cm³/mol. The number of carbonyl (C=O) groups is 2. The van der Waals surface area contributed by atoms with Gasteiger partial charge in [-0.1, -0.05) is 35.3 Å². The maximum absolute atomic E-state index is 12.4. The monoisotopic (exact) mass is 386 g/mol. The SMILES string of the molecule is CC(C)(C)OC(=O)N1CCCC1C(=O)NCCc1cccc(Cl)c1Cl. The molecule has 0 bridgehead atoms. The van der Waals surface area contributed by atoms with Gasteiger partial charge in [-0.3, -0.25) is 9.69 Å². The molecule has 1 N–H and O–H groups in total. The Bertz CT molecular complexity index is 644. The largest absolute Gasteiger partial charge is 0.444 e. The average molecular weight is 387 g/mol. The molecule has 0 spiro atoms. The van der Waals surface area contributed by atoms with Crippen LogP contribution in [-0.2, 0) is 16.0 Å². The van der Waals surface area contributed by atoms with Crippen LogP contribution in [0.5, 0.6) is 0 Å². The van der Waals surface area contributed by atoms with Crippen molar-refractivity contribution in [3.63, 3.8) is 0 Å². The number of ether oxygens (including phenoxy) is 1. The summed E-state index contributed by atoms with van der Waals surface area (Å²) in [6, 6.07) is 4.95. The summed E-state index contributed by atoms with van der Waals surface area (Å²) >= 11 is 12.1. The second-order valence-electron chi connectivity index (χ2n) is 7.09. The Balaban J connectivity index is 1.89. The third-order valence-electron chi connectivity index (χ3n) is 3.91. The van der Waals surface area contributed by atoms with E-state index in [0.29, 0.717) is 36.0 Å². The highest BCUT2D eigenvalue weighted by molar-refractivity contribution is 6.42. The lowest BCUT2D eigenvalue weighted by atomic mass is 10.1. The molecule has 25 heavy (non-hydrogen) atoms. The summed E-state index contributed by atoms with van der Waals surface area (Å²) in [5.41, 5.74) is 0.300. The Hall–Kier alpha value is -1.46. The first-order valence-corrected chi connectivity index (χ1v) is 9.15. The molecule has 2 rings (SSSR count). The third kappa shape index (κ3) is 5.51. The van der Waals surface area contributed by atoms with Gasteiger partial charge in [0.2, 0.25) is 5.91 Å². The van der Waals surface area contributed by atoms with Gasteiger partial charge in [0.05, 0.1) is 10.0 Å². The van der Waals surface area contributed by atoms with E-state index in [2.05, 4.69) is 5.32 Å². The van der Waals surface area contributed by atoms with Crippen molar-refractivity contribution in [2.45, 2.75) is 51.7 Å². The smallest absolute Gasteiger partial charge is 0.410 e. The van der Waals surface area contributed by atoms with Crippen molar-refractivity contribution in [1.29, 1.82) is 0 Å². The Morgan fingerprint density at radius 2 is 2.04 bits per heavy atom. The van der Waals surface area contributed by atoms with Crippen LogP contribution in [0.1, 0.15) is 39.2 Å². The summed E-state index contributed by atoms with van der Waals surface area (Å²) < 4.78 is 5.38. The molecule has 0 aliphatic carbocycles. The van der Waals surface area contributed by atoms with Crippen LogP contribution in [0.4, 0.5) is 4.79 Å². The normalized spacial score (nSPS) is 17.5. The van der Waals surface area contributed by atoms with E-state index in [-0.39, 0.29) is 5.91 Å². The molecule has 1 saturated heterocycles. The van der Waals surface area contributed by atoms with Crippen molar-refractivity contribution < 1.29 is 14.3 Å². The van der Waals surface area contributed by atoms with Crippen molar-refractivity contribution in [3.05, 3.63) is 33.8 Å². The zero-order chi connectivity index (χ0) is 18.6. The summed E-state index contributed by atoms with van der Waals surface area (Å²) in [6.07, 6.45) is 1.56. The molecule has 1 unspecified atom stereocenters. The van der Waals surface area contributed by atoms with Gasteiger partial charge in [-0.2, -0.15) is 0 Å². The highest BCUT2D eigenvalue weighted by Crippen LogP contribution is 2.26. The summed E-state index contributed by atoms with van der Waals surface area (Å²) in [6.45, 7) is 6.39. The van der Waals surface area contributed by atoms with Crippen LogP contribution in [0.2, 0.25) is 10.0 Å². The fraction of sp³-hybridized carbons (Fsp3) is 0.556. The third-order valence-corrected chi connectivity index (χ3v) is 4.77. The number of carbonyl (C=O) groups excluding carboxylic acids is 2. The van der Waals surface area contributed by atoms with E-state index in [4.69, 9.17) is 27.9 Å². The van der Waals surface area contributed by atoms with Crippen molar-refractivity contribution in [2.24, 2.45) is 0 Å². The van der Waals surface area contributed by atoms with E-state index in [1.807, 2.05) is 32.9 Å². The van der Waals surface area contributed by atoms with Crippen LogP contribution >= 0.6 is 23.2 Å². The minimum atomic E-state index is -0.579. The minimum absolute atomic E-state index is 0.165. The number of rotatable bonds is 4. The van der Waals surface area contributed by atoms with Crippen LogP contribution in [0.15, 0.2) is 18.2 Å². The standard InChI is InChI=1S/C18H24Cl2N2O3/c1-18(2,3)25-17(24)22-11-5-8-14(22)16(23)21-10-9-12-6-4-7-13(19)15(12)20/h4,6-7,14H,5,8-11H2,1-3H3,(H,21,23). The minimum Gasteiger partial charge on any atom is -0.444 e. The number of likely N-dealkylation sites (tertiary alicyclic amines) is 1. The van der Waals surface area contributed by atoms with E-state index < -0.39 is 17.7 Å². The zero-order valence-corrected chi connectivity index (χ0v) is 16.3. The number of hydrogen-bond acceptors (Lipinski definition) is 3. The molecule has 138 valence electrons. The molecule has 0 radical (unpaired) electrons. The van der Waals surface area contributed by atoms with Crippen LogP contribution in [0, 0.1) is 0 Å². The predicted octanol–water partition coefficient (Wildman–Crippen LogP) is 4.05. The highest BCUT2D eigenvalue weighted by Gasteiger charge is 2.36. The molecule has 1 aromatic rings. The van der Waals surface area contributed by atoms with Crippen molar-refractivity contribution in [3.8, 4) is 0 Å². The summed E-state index contributed by atoms with van der Waals surface area (Å²) in [4.78, 5) is 26.2. The number of amides is 2. The van der Waals surface area contributed by atoms with E-state index >= 15 is 0 Å². The molecule has 1 aliphatic heterocycles. The number of hydrogen-bond donors (Lipinski definition) is 1. The van der Waals surface area contributed by atoms with Crippen molar-refractivity contribution in [1.82, 2.24) is 10.2 Å². The zero-order valence-electron chi connectivity index (χ0n) is 14.8. The Morgan fingerprint density at radius 3 is 2.72 bits per heavy atom. The fourth-order valence-corrected chi connectivity index (χ4v) is 3.17. The van der Waals surface area contributed by atoms with Gasteiger partial charge in [0.1, 0.15) is 11.6 Å². The van der Waals surface area contributed by atoms with Crippen molar-refractivity contribution >= 4 is 35.2 Å². The van der Waals surface area contributed by atoms with Gasteiger partial charge in [0.15, 0.2) is 0 Å². The van der Waals surface area contributed by atoms with Gasteiger partial charge in [0.25, 0.3) is 0 Å². The molecule has 5 nitrogen and oxygen atoms in total. The lowest BCUT2D eigenvalue weighted by Crippen LogP contribution is -2.47. The van der Waals surface area contributed by atoms with Crippen molar-refractivity contribution in [2.75, 3.05) is 13.1 Å². The molecule has 0 aromatic heterocycles. The second kappa shape index (κ2) is 8.28. The van der Waals surface area contributed by atoms with Gasteiger partial charge in [-0.05, 0) is 51.7 Å². The first-order chi connectivity index (χ1) is 11.7. The van der Waals surface area contributed by atoms with Gasteiger partial charge in [0, 0.05) is 13.1 Å². The van der Waals surface area contributed by atoms with Gasteiger partial charge in [-0.15, -0.1) is 0 Å². The molecule has 7 heteroatoms. The van der Waals surface area contributed by atoms with Crippen LogP contribution in [-0.4, -0.2) is 41.6 Å². The van der Waals surface area contributed by atoms with Crippen LogP contribution < -0.4 is 5.32 Å². The summed E-state index contributed by atoms with van der Waals surface area (Å²) in [5.74, 6) is -0.165. The fourth-order valence-electron chi connectivity index (χ4n) is 2.76. The quantitative estimate of drug-likeness (QED) is 0.848. The van der Waals surface area contributed by atoms with Crippen LogP contribution in [0.25, 0.3) is 0 Å². The topological polar surface area (TPSA) is 58.6 Å². The summed E-state index contributed by atoms with van der Waals surface area (Å²) in [5, 5.41) is 3.88. The first kappa shape index (κ1) is 19.9. The lowest BCUT2D eigenvalue weighted by molar-refractivity contribution is -0.125. The summed E-state index contributed by atoms with van der Waals surface area (Å²) in [7, 11) is 0. The molecular weight excluding hydrogens is 363 g/mol. The van der Waals surface area contributed by atoms with E-state index in [1.54, 1.807) is 6.07 Å². The number of benzene rings is 1. The maximum Gasteiger partial charge on any atom is 0.410 e. The van der Waals surface area contributed by atoms with E-state index in [1.165, 1.54) is 4.90 Å². The highest BCUT2D eigenvalue weighted by atomic mass is 35.5. The second-order valence-corrected chi connectivity index (χ2v) is 7.87. The molecule has 0 saturated carbocycles. The molecular formula is C18H24Cl2N2O3. The molecule has 1 aliphatic rings. The Labute approximate surface area is 158 Å². The molecule has 1 aromatic carbocycles. The lowest BCUT2D eigenvalue weighted by Gasteiger charge is -2.28. The molecule has 1 heterocycles. The molecule has 2 amide bonds. The first-order valence-electron chi connectivity index (χ1n) is 8.39. The van der Waals surface area contributed by atoms with Gasteiger partial charge >= 0.3 is 6.09 Å². The number of nitrogens with one attached hydrogen (secondary N) is 1. The maximum atomic E-state index is 12.4. The molecule has 1 atom stereocenters. The van der Waals surface area contributed by atoms with Crippen LogP contribution in [0.3, 0.4) is 0 Å². The number of halogens is 2. The average Bonchev–Trinajstić information content (AvgIpc) is 2.99. The molecule has 1 fully saturated rings. The number of nitrogens with zero attached hydrogens (tertiary/aromatic N) is 1. The van der Waals surface area contributed by atoms with Gasteiger partial charge < -0.3 is 10.1 Å². The Kier molecular flexibility index (Phi) is 6.58.